The lowest BCUT2D eigenvalue weighted by molar-refractivity contribution is -0.137. The number of benzene rings is 1. The van der Waals surface area contributed by atoms with Crippen LogP contribution in [0.3, 0.4) is 0 Å². The maximum atomic E-state index is 13.0. The molecule has 2 heterocycles. The van der Waals surface area contributed by atoms with Gasteiger partial charge in [-0.25, -0.2) is 9.67 Å². The van der Waals surface area contributed by atoms with E-state index in [9.17, 15) is 13.2 Å². The number of hydrogen-bond acceptors (Lipinski definition) is 3. The number of halogens is 3. The van der Waals surface area contributed by atoms with Crippen LogP contribution in [0.15, 0.2) is 42.9 Å². The van der Waals surface area contributed by atoms with Gasteiger partial charge in [0.15, 0.2) is 0 Å². The summed E-state index contributed by atoms with van der Waals surface area (Å²) in [6.45, 7) is 5.86. The van der Waals surface area contributed by atoms with Crippen molar-refractivity contribution in [2.45, 2.75) is 58.7 Å². The maximum Gasteiger partial charge on any atom is 0.419 e. The zero-order valence-electron chi connectivity index (χ0n) is 18.0. The lowest BCUT2D eigenvalue weighted by Crippen LogP contribution is -2.20. The van der Waals surface area contributed by atoms with Gasteiger partial charge >= 0.3 is 6.18 Å². The smallest absolute Gasteiger partial charge is 0.363 e. The van der Waals surface area contributed by atoms with E-state index in [-0.39, 0.29) is 6.04 Å². The van der Waals surface area contributed by atoms with Gasteiger partial charge in [-0.1, -0.05) is 31.0 Å². The fourth-order valence-corrected chi connectivity index (χ4v) is 4.60. The first-order chi connectivity index (χ1) is 14.7. The lowest BCUT2D eigenvalue weighted by Gasteiger charge is -2.27. The van der Waals surface area contributed by atoms with E-state index in [0.29, 0.717) is 11.6 Å². The van der Waals surface area contributed by atoms with Crippen LogP contribution in [0.25, 0.3) is 5.69 Å². The lowest BCUT2D eigenvalue weighted by atomic mass is 9.89. The average molecular weight is 429 g/mol. The van der Waals surface area contributed by atoms with E-state index in [4.69, 9.17) is 0 Å². The van der Waals surface area contributed by atoms with Crippen molar-refractivity contribution in [1.82, 2.24) is 14.8 Å². The van der Waals surface area contributed by atoms with Crippen LogP contribution in [0.1, 0.15) is 59.5 Å². The first-order valence-corrected chi connectivity index (χ1v) is 10.6. The Labute approximate surface area is 180 Å². The molecule has 164 valence electrons. The van der Waals surface area contributed by atoms with Gasteiger partial charge in [0.1, 0.15) is 5.82 Å². The monoisotopic (exact) mass is 428 g/mol. The molecule has 1 atom stereocenters. The van der Waals surface area contributed by atoms with Crippen LogP contribution >= 0.6 is 0 Å². The first kappa shape index (κ1) is 21.4. The topological polar surface area (TPSA) is 42.7 Å². The molecular weight excluding hydrogens is 401 g/mol. The molecule has 7 heteroatoms. The third kappa shape index (κ3) is 4.60. The number of hydrogen-bond donors (Lipinski definition) is 1. The first-order valence-electron chi connectivity index (χ1n) is 10.6. The summed E-state index contributed by atoms with van der Waals surface area (Å²) in [5.74, 6) is 1.33. The normalized spacial score (nSPS) is 15.9. The number of nitrogens with zero attached hydrogens (tertiary/aromatic N) is 3. The molecule has 1 aliphatic carbocycles. The van der Waals surface area contributed by atoms with Crippen LogP contribution in [0.4, 0.5) is 19.0 Å². The molecule has 0 amide bonds. The highest BCUT2D eigenvalue weighted by molar-refractivity contribution is 5.51. The second kappa shape index (κ2) is 8.36. The van der Waals surface area contributed by atoms with E-state index in [1.807, 2.05) is 39.1 Å². The average Bonchev–Trinajstić information content (AvgIpc) is 3.39. The van der Waals surface area contributed by atoms with Crippen molar-refractivity contribution in [3.8, 4) is 5.69 Å². The van der Waals surface area contributed by atoms with Crippen LogP contribution in [0.5, 0.6) is 0 Å². The summed E-state index contributed by atoms with van der Waals surface area (Å²) < 4.78 is 40.4. The Morgan fingerprint density at radius 2 is 1.71 bits per heavy atom. The Bertz CT molecular complexity index is 1020. The maximum absolute atomic E-state index is 13.0. The highest BCUT2D eigenvalue weighted by Gasteiger charge is 2.33. The Balaban J connectivity index is 1.69. The third-order valence-corrected chi connectivity index (χ3v) is 6.10. The van der Waals surface area contributed by atoms with Crippen LogP contribution in [-0.2, 0) is 6.18 Å². The Morgan fingerprint density at radius 1 is 1.03 bits per heavy atom. The SMILES string of the molecule is Cc1ccc(NC(c2cc(C)c(-n3cc(C(F)(F)F)cn3)c(C)c2)C2CCCC2)nc1. The quantitative estimate of drug-likeness (QED) is 0.501. The molecule has 0 bridgehead atoms. The molecular formula is C24H27F3N4. The fraction of sp³-hybridized carbons (Fsp3) is 0.417. The van der Waals surface area contributed by atoms with Gasteiger partial charge in [0.2, 0.25) is 0 Å². The van der Waals surface area contributed by atoms with Gasteiger partial charge in [0.25, 0.3) is 0 Å². The highest BCUT2D eigenvalue weighted by Crippen LogP contribution is 2.39. The minimum absolute atomic E-state index is 0.104. The Hall–Kier alpha value is -2.83. The van der Waals surface area contributed by atoms with Crippen molar-refractivity contribution >= 4 is 5.82 Å². The van der Waals surface area contributed by atoms with E-state index in [2.05, 4.69) is 27.5 Å². The zero-order chi connectivity index (χ0) is 22.2. The minimum atomic E-state index is -4.40. The summed E-state index contributed by atoms with van der Waals surface area (Å²) in [5.41, 5.74) is 3.99. The summed E-state index contributed by atoms with van der Waals surface area (Å²) >= 11 is 0. The van der Waals surface area contributed by atoms with Crippen LogP contribution < -0.4 is 5.32 Å². The Kier molecular flexibility index (Phi) is 5.77. The minimum Gasteiger partial charge on any atom is -0.363 e. The fourth-order valence-electron chi connectivity index (χ4n) is 4.60. The molecule has 0 spiro atoms. The number of aryl methyl sites for hydroxylation is 3. The summed E-state index contributed by atoms with van der Waals surface area (Å²) in [4.78, 5) is 4.52. The zero-order valence-corrected chi connectivity index (χ0v) is 18.0. The molecule has 1 aromatic carbocycles. The third-order valence-electron chi connectivity index (χ3n) is 6.10. The van der Waals surface area contributed by atoms with Crippen LogP contribution in [-0.4, -0.2) is 14.8 Å². The van der Waals surface area contributed by atoms with E-state index < -0.39 is 11.7 Å². The molecule has 31 heavy (non-hydrogen) atoms. The molecule has 1 aliphatic rings. The predicted molar refractivity (Wildman–Crippen MR) is 115 cm³/mol. The van der Waals surface area contributed by atoms with E-state index in [1.54, 1.807) is 0 Å². The standard InChI is InChI=1S/C24H27F3N4/c1-15-8-9-21(28-12-15)30-22(18-6-4-5-7-18)19-10-16(2)23(17(3)11-19)31-14-20(13-29-31)24(25,26)27/h8-14,18,22H,4-7H2,1-3H3,(H,28,30). The van der Waals surface area contributed by atoms with Crippen molar-refractivity contribution in [2.75, 3.05) is 5.32 Å². The molecule has 1 saturated carbocycles. The van der Waals surface area contributed by atoms with Gasteiger partial charge in [-0.3, -0.25) is 0 Å². The molecule has 1 N–H and O–H groups in total. The largest absolute Gasteiger partial charge is 0.419 e. The molecule has 0 aliphatic heterocycles. The van der Waals surface area contributed by atoms with Crippen molar-refractivity contribution < 1.29 is 13.2 Å². The van der Waals surface area contributed by atoms with Crippen molar-refractivity contribution in [3.05, 3.63) is 70.7 Å². The molecule has 0 radical (unpaired) electrons. The number of aromatic nitrogens is 3. The number of rotatable bonds is 5. The van der Waals surface area contributed by atoms with Gasteiger partial charge in [-0.05, 0) is 67.9 Å². The molecule has 1 unspecified atom stereocenters. The number of alkyl halides is 3. The van der Waals surface area contributed by atoms with E-state index in [1.165, 1.54) is 17.5 Å². The second-order valence-corrected chi connectivity index (χ2v) is 8.56. The summed E-state index contributed by atoms with van der Waals surface area (Å²) in [6, 6.07) is 8.28. The Morgan fingerprint density at radius 3 is 2.26 bits per heavy atom. The summed E-state index contributed by atoms with van der Waals surface area (Å²) in [5, 5.41) is 7.59. The molecule has 0 saturated heterocycles. The van der Waals surface area contributed by atoms with Gasteiger partial charge < -0.3 is 5.32 Å². The molecule has 3 aromatic rings. The van der Waals surface area contributed by atoms with Crippen molar-refractivity contribution in [3.63, 3.8) is 0 Å². The van der Waals surface area contributed by atoms with Gasteiger partial charge in [0.05, 0.1) is 23.5 Å². The van der Waals surface area contributed by atoms with Crippen molar-refractivity contribution in [1.29, 1.82) is 0 Å². The highest BCUT2D eigenvalue weighted by atomic mass is 19.4. The van der Waals surface area contributed by atoms with Crippen LogP contribution in [0, 0.1) is 26.7 Å². The number of anilines is 1. The summed E-state index contributed by atoms with van der Waals surface area (Å²) in [7, 11) is 0. The summed E-state index contributed by atoms with van der Waals surface area (Å²) in [6.07, 6.45) is 4.11. The molecule has 4 rings (SSSR count). The predicted octanol–water partition coefficient (Wildman–Crippen LogP) is 6.55. The van der Waals surface area contributed by atoms with Gasteiger partial charge in [0, 0.05) is 12.4 Å². The van der Waals surface area contributed by atoms with Gasteiger partial charge in [-0.15, -0.1) is 0 Å². The van der Waals surface area contributed by atoms with Crippen LogP contribution in [0.2, 0.25) is 0 Å². The number of nitrogens with one attached hydrogen (secondary N) is 1. The molecule has 4 nitrogen and oxygen atoms in total. The van der Waals surface area contributed by atoms with E-state index >= 15 is 0 Å². The number of pyridine rings is 1. The van der Waals surface area contributed by atoms with Gasteiger partial charge in [-0.2, -0.15) is 18.3 Å². The van der Waals surface area contributed by atoms with Crippen molar-refractivity contribution in [2.24, 2.45) is 5.92 Å². The second-order valence-electron chi connectivity index (χ2n) is 8.56. The molecule has 2 aromatic heterocycles. The molecule has 1 fully saturated rings. The van der Waals surface area contributed by atoms with E-state index in [0.717, 1.165) is 53.3 Å².